The second kappa shape index (κ2) is 5.05. The highest BCUT2D eigenvalue weighted by Gasteiger charge is 2.32. The van der Waals surface area contributed by atoms with Gasteiger partial charge < -0.3 is 10.1 Å². The number of hydrogen-bond acceptors (Lipinski definition) is 2. The number of nitrogens with one attached hydrogen (secondary N) is 1. The van der Waals surface area contributed by atoms with Gasteiger partial charge >= 0.3 is 0 Å². The van der Waals surface area contributed by atoms with Gasteiger partial charge in [0.25, 0.3) is 0 Å². The van der Waals surface area contributed by atoms with Crippen molar-refractivity contribution in [3.8, 4) is 0 Å². The third-order valence-corrected chi connectivity index (χ3v) is 4.04. The predicted molar refractivity (Wildman–Crippen MR) is 67.6 cm³/mol. The molecule has 1 saturated carbocycles. The second-order valence-corrected chi connectivity index (χ2v) is 6.66. The SMILES string of the molecule is CC1CC(OC[C@@H]2CCCN2)CC(C)(C)C1. The zero-order chi connectivity index (χ0) is 11.6. The lowest BCUT2D eigenvalue weighted by Gasteiger charge is -2.39. The summed E-state index contributed by atoms with van der Waals surface area (Å²) in [6.07, 6.45) is 6.97. The molecule has 0 aromatic carbocycles. The number of rotatable bonds is 3. The van der Waals surface area contributed by atoms with Gasteiger partial charge in [0.15, 0.2) is 0 Å². The van der Waals surface area contributed by atoms with Gasteiger partial charge in [-0.05, 0) is 50.0 Å². The molecule has 1 heterocycles. The van der Waals surface area contributed by atoms with Crippen molar-refractivity contribution < 1.29 is 4.74 Å². The van der Waals surface area contributed by atoms with Gasteiger partial charge in [-0.3, -0.25) is 0 Å². The molecule has 1 saturated heterocycles. The summed E-state index contributed by atoms with van der Waals surface area (Å²) in [4.78, 5) is 0. The Bertz CT molecular complexity index is 221. The average molecular weight is 225 g/mol. The van der Waals surface area contributed by atoms with Crippen LogP contribution in [0, 0.1) is 11.3 Å². The quantitative estimate of drug-likeness (QED) is 0.797. The van der Waals surface area contributed by atoms with E-state index in [9.17, 15) is 0 Å². The Morgan fingerprint density at radius 2 is 2.12 bits per heavy atom. The lowest BCUT2D eigenvalue weighted by Crippen LogP contribution is -2.36. The molecular formula is C14H27NO. The molecule has 0 radical (unpaired) electrons. The molecule has 0 aromatic heterocycles. The molecule has 2 unspecified atom stereocenters. The molecule has 0 amide bonds. The molecule has 2 heteroatoms. The van der Waals surface area contributed by atoms with Crippen LogP contribution in [0.1, 0.15) is 52.9 Å². The van der Waals surface area contributed by atoms with E-state index < -0.39 is 0 Å². The Morgan fingerprint density at radius 3 is 2.75 bits per heavy atom. The number of hydrogen-bond donors (Lipinski definition) is 1. The Morgan fingerprint density at radius 1 is 1.31 bits per heavy atom. The molecule has 2 fully saturated rings. The maximum absolute atomic E-state index is 6.11. The average Bonchev–Trinajstić information content (AvgIpc) is 2.63. The Labute approximate surface area is 100 Å². The molecule has 2 rings (SSSR count). The summed E-state index contributed by atoms with van der Waals surface area (Å²) in [5, 5.41) is 3.50. The van der Waals surface area contributed by atoms with E-state index in [1.807, 2.05) is 0 Å². The van der Waals surface area contributed by atoms with Crippen molar-refractivity contribution >= 4 is 0 Å². The molecule has 16 heavy (non-hydrogen) atoms. The first-order valence-corrected chi connectivity index (χ1v) is 6.90. The van der Waals surface area contributed by atoms with Crippen molar-refractivity contribution in [1.82, 2.24) is 5.32 Å². The van der Waals surface area contributed by atoms with Crippen LogP contribution in [0.2, 0.25) is 0 Å². The zero-order valence-corrected chi connectivity index (χ0v) is 11.1. The fourth-order valence-electron chi connectivity index (χ4n) is 3.54. The first kappa shape index (κ1) is 12.4. The van der Waals surface area contributed by atoms with Gasteiger partial charge in [-0.15, -0.1) is 0 Å². The maximum atomic E-state index is 6.11. The van der Waals surface area contributed by atoms with Crippen molar-refractivity contribution in [3.05, 3.63) is 0 Å². The van der Waals surface area contributed by atoms with Crippen LogP contribution in [-0.2, 0) is 4.74 Å². The smallest absolute Gasteiger partial charge is 0.0623 e. The largest absolute Gasteiger partial charge is 0.377 e. The molecule has 1 aliphatic carbocycles. The summed E-state index contributed by atoms with van der Waals surface area (Å²) in [7, 11) is 0. The Balaban J connectivity index is 1.75. The predicted octanol–water partition coefficient (Wildman–Crippen LogP) is 2.97. The Kier molecular flexibility index (Phi) is 3.91. The second-order valence-electron chi connectivity index (χ2n) is 6.66. The van der Waals surface area contributed by atoms with E-state index in [-0.39, 0.29) is 0 Å². The van der Waals surface area contributed by atoms with Crippen LogP contribution in [0.3, 0.4) is 0 Å². The summed E-state index contributed by atoms with van der Waals surface area (Å²) in [6, 6.07) is 0.625. The van der Waals surface area contributed by atoms with Crippen LogP contribution in [0.4, 0.5) is 0 Å². The van der Waals surface area contributed by atoms with Crippen LogP contribution in [0.15, 0.2) is 0 Å². The third kappa shape index (κ3) is 3.46. The molecule has 0 bridgehead atoms. The molecule has 2 nitrogen and oxygen atoms in total. The van der Waals surface area contributed by atoms with Gasteiger partial charge in [-0.1, -0.05) is 20.8 Å². The molecular weight excluding hydrogens is 198 g/mol. The highest BCUT2D eigenvalue weighted by atomic mass is 16.5. The van der Waals surface area contributed by atoms with E-state index >= 15 is 0 Å². The van der Waals surface area contributed by atoms with E-state index in [2.05, 4.69) is 26.1 Å². The van der Waals surface area contributed by atoms with Crippen LogP contribution < -0.4 is 5.32 Å². The van der Waals surface area contributed by atoms with Crippen molar-refractivity contribution in [3.63, 3.8) is 0 Å². The summed E-state index contributed by atoms with van der Waals surface area (Å²) >= 11 is 0. The topological polar surface area (TPSA) is 21.3 Å². The monoisotopic (exact) mass is 225 g/mol. The van der Waals surface area contributed by atoms with Crippen molar-refractivity contribution in [2.45, 2.75) is 65.0 Å². The lowest BCUT2D eigenvalue weighted by atomic mass is 9.71. The normalized spacial score (nSPS) is 38.8. The van der Waals surface area contributed by atoms with Gasteiger partial charge in [0.05, 0.1) is 12.7 Å². The van der Waals surface area contributed by atoms with Crippen LogP contribution in [0.25, 0.3) is 0 Å². The van der Waals surface area contributed by atoms with E-state index in [0.29, 0.717) is 17.6 Å². The van der Waals surface area contributed by atoms with E-state index in [0.717, 1.165) is 12.5 Å². The van der Waals surface area contributed by atoms with Crippen LogP contribution in [-0.4, -0.2) is 25.3 Å². The lowest BCUT2D eigenvalue weighted by molar-refractivity contribution is -0.0291. The summed E-state index contributed by atoms with van der Waals surface area (Å²) in [6.45, 7) is 9.23. The van der Waals surface area contributed by atoms with Crippen LogP contribution in [0.5, 0.6) is 0 Å². The van der Waals surface area contributed by atoms with E-state index in [1.165, 1.54) is 38.6 Å². The molecule has 2 aliphatic rings. The first-order chi connectivity index (χ1) is 7.55. The minimum absolute atomic E-state index is 0.478. The van der Waals surface area contributed by atoms with Gasteiger partial charge in [0.2, 0.25) is 0 Å². The summed E-state index contributed by atoms with van der Waals surface area (Å²) < 4.78 is 6.11. The summed E-state index contributed by atoms with van der Waals surface area (Å²) in [5.74, 6) is 0.824. The highest BCUT2D eigenvalue weighted by Crippen LogP contribution is 2.39. The van der Waals surface area contributed by atoms with Crippen molar-refractivity contribution in [2.75, 3.05) is 13.2 Å². The molecule has 1 N–H and O–H groups in total. The van der Waals surface area contributed by atoms with Crippen molar-refractivity contribution in [1.29, 1.82) is 0 Å². The molecule has 0 aromatic rings. The standard InChI is InChI=1S/C14H27NO/c1-11-7-13(9-14(2,3)8-11)16-10-12-5-4-6-15-12/h11-13,15H,4-10H2,1-3H3/t11?,12-,13?/m0/s1. The third-order valence-electron chi connectivity index (χ3n) is 4.04. The van der Waals surface area contributed by atoms with Gasteiger partial charge in [0, 0.05) is 6.04 Å². The fourth-order valence-corrected chi connectivity index (χ4v) is 3.54. The number of ether oxygens (including phenoxy) is 1. The van der Waals surface area contributed by atoms with Gasteiger partial charge in [-0.25, -0.2) is 0 Å². The molecule has 94 valence electrons. The molecule has 1 aliphatic heterocycles. The molecule has 3 atom stereocenters. The van der Waals surface area contributed by atoms with Crippen molar-refractivity contribution in [2.24, 2.45) is 11.3 Å². The fraction of sp³-hybridized carbons (Fsp3) is 1.00. The van der Waals surface area contributed by atoms with E-state index in [1.54, 1.807) is 0 Å². The van der Waals surface area contributed by atoms with E-state index in [4.69, 9.17) is 4.74 Å². The minimum atomic E-state index is 0.478. The summed E-state index contributed by atoms with van der Waals surface area (Å²) in [5.41, 5.74) is 0.478. The molecule has 0 spiro atoms. The maximum Gasteiger partial charge on any atom is 0.0623 e. The Hall–Kier alpha value is -0.0800. The minimum Gasteiger partial charge on any atom is -0.377 e. The first-order valence-electron chi connectivity index (χ1n) is 6.90. The van der Waals surface area contributed by atoms with Crippen LogP contribution >= 0.6 is 0 Å². The zero-order valence-electron chi connectivity index (χ0n) is 11.1. The highest BCUT2D eigenvalue weighted by molar-refractivity contribution is 4.84. The van der Waals surface area contributed by atoms with Gasteiger partial charge in [0.1, 0.15) is 0 Å². The van der Waals surface area contributed by atoms with Gasteiger partial charge in [-0.2, -0.15) is 0 Å².